The van der Waals surface area contributed by atoms with Crippen molar-refractivity contribution in [3.05, 3.63) is 46.5 Å². The van der Waals surface area contributed by atoms with E-state index >= 15 is 0 Å². The summed E-state index contributed by atoms with van der Waals surface area (Å²) in [5, 5.41) is 0.601. The molecule has 1 saturated heterocycles. The van der Waals surface area contributed by atoms with Gasteiger partial charge in [0.1, 0.15) is 5.60 Å². The number of allylic oxidation sites excluding steroid dienone is 2. The van der Waals surface area contributed by atoms with Gasteiger partial charge >= 0.3 is 5.97 Å². The number of piperidine rings is 1. The molecule has 2 aliphatic carbocycles. The van der Waals surface area contributed by atoms with Crippen LogP contribution in [0, 0.1) is 17.8 Å². The molecule has 3 nitrogen and oxygen atoms in total. The maximum atomic E-state index is 12.2. The van der Waals surface area contributed by atoms with E-state index < -0.39 is 5.60 Å². The van der Waals surface area contributed by atoms with E-state index in [1.54, 1.807) is 6.07 Å². The normalized spacial score (nSPS) is 33.2. The number of likely N-dealkylation sites (tertiary alicyclic amines) is 1. The summed E-state index contributed by atoms with van der Waals surface area (Å²) < 4.78 is 5.85. The van der Waals surface area contributed by atoms with Crippen LogP contribution in [-0.2, 0) is 10.3 Å². The number of carbonyl (C=O) groups excluding carboxylic acids is 1. The topological polar surface area (TPSA) is 29.5 Å². The van der Waals surface area contributed by atoms with Gasteiger partial charge in [0, 0.05) is 43.1 Å². The number of rotatable bonds is 2. The lowest BCUT2D eigenvalue weighted by atomic mass is 9.83. The Balaban J connectivity index is 1.29. The van der Waals surface area contributed by atoms with Gasteiger partial charge in [0.05, 0.1) is 5.56 Å². The predicted octanol–water partition coefficient (Wildman–Crippen LogP) is 4.01. The van der Waals surface area contributed by atoms with Gasteiger partial charge in [-0.2, -0.15) is 0 Å². The van der Waals surface area contributed by atoms with Crippen molar-refractivity contribution in [1.29, 1.82) is 0 Å². The Morgan fingerprint density at radius 1 is 1.21 bits per heavy atom. The highest BCUT2D eigenvalue weighted by atomic mass is 35.5. The summed E-state index contributed by atoms with van der Waals surface area (Å²) in [4.78, 5) is 14.8. The second-order valence-corrected chi connectivity index (χ2v) is 8.35. The van der Waals surface area contributed by atoms with Gasteiger partial charge in [-0.3, -0.25) is 0 Å². The molecule has 2 aliphatic heterocycles. The highest BCUT2D eigenvalue weighted by Gasteiger charge is 2.48. The van der Waals surface area contributed by atoms with Gasteiger partial charge in [0.25, 0.3) is 0 Å². The van der Waals surface area contributed by atoms with Crippen LogP contribution in [0.4, 0.5) is 0 Å². The summed E-state index contributed by atoms with van der Waals surface area (Å²) in [7, 11) is 0. The molecule has 4 heteroatoms. The lowest BCUT2D eigenvalue weighted by Crippen LogP contribution is -2.44. The summed E-state index contributed by atoms with van der Waals surface area (Å²) in [5.41, 5.74) is 1.29. The Hall–Kier alpha value is -1.32. The van der Waals surface area contributed by atoms with Crippen molar-refractivity contribution in [3.63, 3.8) is 0 Å². The van der Waals surface area contributed by atoms with E-state index in [-0.39, 0.29) is 5.97 Å². The van der Waals surface area contributed by atoms with Crippen LogP contribution in [0.15, 0.2) is 30.4 Å². The van der Waals surface area contributed by atoms with Crippen LogP contribution in [0.25, 0.3) is 0 Å². The smallest absolute Gasteiger partial charge is 0.339 e. The molecule has 0 amide bonds. The lowest BCUT2D eigenvalue weighted by Gasteiger charge is -2.40. The van der Waals surface area contributed by atoms with Crippen molar-refractivity contribution in [3.8, 4) is 0 Å². The minimum absolute atomic E-state index is 0.209. The van der Waals surface area contributed by atoms with Gasteiger partial charge in [-0.05, 0) is 42.7 Å². The van der Waals surface area contributed by atoms with Crippen molar-refractivity contribution in [2.75, 3.05) is 19.6 Å². The van der Waals surface area contributed by atoms with Crippen LogP contribution in [-0.4, -0.2) is 30.5 Å². The van der Waals surface area contributed by atoms with E-state index in [1.807, 2.05) is 12.1 Å². The lowest BCUT2D eigenvalue weighted by molar-refractivity contribution is -0.0450. The van der Waals surface area contributed by atoms with Crippen LogP contribution < -0.4 is 0 Å². The number of nitrogens with zero attached hydrogens (tertiary/aromatic N) is 1. The molecule has 1 aromatic carbocycles. The minimum Gasteiger partial charge on any atom is -0.450 e. The van der Waals surface area contributed by atoms with E-state index in [1.165, 1.54) is 19.4 Å². The third-order valence-electron chi connectivity index (χ3n) is 6.55. The first kappa shape index (κ1) is 15.0. The molecule has 1 spiro atoms. The van der Waals surface area contributed by atoms with Gasteiger partial charge in [0.2, 0.25) is 0 Å². The van der Waals surface area contributed by atoms with Crippen LogP contribution >= 0.6 is 11.6 Å². The second-order valence-electron chi connectivity index (χ2n) is 7.91. The third kappa shape index (κ3) is 2.25. The first-order valence-corrected chi connectivity index (χ1v) is 9.45. The van der Waals surface area contributed by atoms with Gasteiger partial charge in [-0.1, -0.05) is 29.8 Å². The molecule has 0 N–H and O–H groups in total. The zero-order chi connectivity index (χ0) is 16.3. The molecule has 24 heavy (non-hydrogen) atoms. The third-order valence-corrected chi connectivity index (χ3v) is 6.79. The molecule has 5 rings (SSSR count). The maximum absolute atomic E-state index is 12.2. The number of ether oxygens (including phenoxy) is 1. The second kappa shape index (κ2) is 5.34. The number of fused-ring (bicyclic) bond motifs is 4. The molecular formula is C20H22ClNO2. The molecule has 2 fully saturated rings. The van der Waals surface area contributed by atoms with E-state index in [0.717, 1.165) is 49.2 Å². The Morgan fingerprint density at radius 3 is 2.75 bits per heavy atom. The number of halogens is 1. The van der Waals surface area contributed by atoms with Gasteiger partial charge < -0.3 is 9.64 Å². The number of carbonyl (C=O) groups is 1. The first-order valence-electron chi connectivity index (χ1n) is 9.07. The molecule has 1 aromatic rings. The molecule has 0 aromatic heterocycles. The average Bonchev–Trinajstić information content (AvgIpc) is 3.25. The fourth-order valence-electron chi connectivity index (χ4n) is 5.27. The molecule has 1 saturated carbocycles. The zero-order valence-corrected chi connectivity index (χ0v) is 14.5. The zero-order valence-electron chi connectivity index (χ0n) is 13.7. The van der Waals surface area contributed by atoms with Crippen molar-refractivity contribution in [1.82, 2.24) is 4.90 Å². The van der Waals surface area contributed by atoms with Crippen molar-refractivity contribution in [2.45, 2.75) is 31.3 Å². The van der Waals surface area contributed by atoms with Crippen LogP contribution in [0.1, 0.15) is 41.6 Å². The Bertz CT molecular complexity index is 720. The van der Waals surface area contributed by atoms with Crippen LogP contribution in [0.5, 0.6) is 0 Å². The van der Waals surface area contributed by atoms with E-state index in [9.17, 15) is 4.79 Å². The fourth-order valence-corrected chi connectivity index (χ4v) is 5.45. The number of hydrogen-bond acceptors (Lipinski definition) is 3. The molecule has 2 bridgehead atoms. The molecular weight excluding hydrogens is 322 g/mol. The Kier molecular flexibility index (Phi) is 3.33. The number of hydrogen-bond donors (Lipinski definition) is 0. The number of esters is 1. The highest BCUT2D eigenvalue weighted by molar-refractivity contribution is 6.31. The molecule has 3 atom stereocenters. The monoisotopic (exact) mass is 343 g/mol. The van der Waals surface area contributed by atoms with E-state index in [0.29, 0.717) is 10.6 Å². The molecule has 4 aliphatic rings. The largest absolute Gasteiger partial charge is 0.450 e. The van der Waals surface area contributed by atoms with Gasteiger partial charge in [-0.25, -0.2) is 4.79 Å². The van der Waals surface area contributed by atoms with Gasteiger partial charge in [-0.15, -0.1) is 0 Å². The SMILES string of the molecule is O=C1OC2(CCN(C[C@@H]3C[C@H]4C=C[C@H]3C4)CC2)c2ccc(Cl)cc21. The Morgan fingerprint density at radius 2 is 2.04 bits per heavy atom. The van der Waals surface area contributed by atoms with E-state index in [2.05, 4.69) is 17.1 Å². The highest BCUT2D eigenvalue weighted by Crippen LogP contribution is 2.47. The van der Waals surface area contributed by atoms with Crippen LogP contribution in [0.2, 0.25) is 5.02 Å². The first-order chi connectivity index (χ1) is 11.6. The minimum atomic E-state index is -0.415. The van der Waals surface area contributed by atoms with Crippen LogP contribution in [0.3, 0.4) is 0 Å². The van der Waals surface area contributed by atoms with E-state index in [4.69, 9.17) is 16.3 Å². The Labute approximate surface area is 147 Å². The standard InChI is InChI=1S/C20H22ClNO2/c21-16-3-4-18-17(11-16)19(23)24-20(18)5-7-22(8-6-20)12-15-10-13-1-2-14(15)9-13/h1-4,11,13-15H,5-10,12H2/t13-,14-,15-/m0/s1. The summed E-state index contributed by atoms with van der Waals surface area (Å²) >= 11 is 6.04. The quantitative estimate of drug-likeness (QED) is 0.600. The molecule has 0 radical (unpaired) electrons. The summed E-state index contributed by atoms with van der Waals surface area (Å²) in [6, 6.07) is 5.61. The molecule has 0 unspecified atom stereocenters. The predicted molar refractivity (Wildman–Crippen MR) is 93.1 cm³/mol. The summed E-state index contributed by atoms with van der Waals surface area (Å²) in [5.74, 6) is 2.26. The van der Waals surface area contributed by atoms with Crippen molar-refractivity contribution in [2.24, 2.45) is 17.8 Å². The number of benzene rings is 1. The maximum Gasteiger partial charge on any atom is 0.339 e. The fraction of sp³-hybridized carbons (Fsp3) is 0.550. The molecule has 126 valence electrons. The molecule has 2 heterocycles. The van der Waals surface area contributed by atoms with Gasteiger partial charge in [0.15, 0.2) is 0 Å². The summed E-state index contributed by atoms with van der Waals surface area (Å²) in [6.07, 6.45) is 9.36. The van der Waals surface area contributed by atoms with Crippen molar-refractivity contribution < 1.29 is 9.53 Å². The van der Waals surface area contributed by atoms with Crippen molar-refractivity contribution >= 4 is 17.6 Å². The summed E-state index contributed by atoms with van der Waals surface area (Å²) in [6.45, 7) is 3.21. The average molecular weight is 344 g/mol.